The maximum Gasteiger partial charge on any atom is 0.339 e. The predicted molar refractivity (Wildman–Crippen MR) is 74.6 cm³/mol. The second-order valence-corrected chi connectivity index (χ2v) is 4.97. The summed E-state index contributed by atoms with van der Waals surface area (Å²) in [5, 5.41) is 7.76. The molecule has 0 spiro atoms. The lowest BCUT2D eigenvalue weighted by Crippen LogP contribution is -2.28. The Kier molecular flexibility index (Phi) is 4.86. The summed E-state index contributed by atoms with van der Waals surface area (Å²) in [6.45, 7) is 1.08. The first-order valence-corrected chi connectivity index (χ1v) is 7.26. The minimum Gasteiger partial charge on any atom is -0.440 e. The second kappa shape index (κ2) is 6.65. The highest BCUT2D eigenvalue weighted by molar-refractivity contribution is 7.98. The van der Waals surface area contributed by atoms with Gasteiger partial charge in [-0.3, -0.25) is 4.79 Å². The second-order valence-electron chi connectivity index (χ2n) is 4.20. The summed E-state index contributed by atoms with van der Waals surface area (Å²) in [6, 6.07) is 2.64. The highest BCUT2D eigenvalue weighted by Gasteiger charge is 2.14. The lowest BCUT2D eigenvalue weighted by molar-refractivity contribution is 0.0344. The summed E-state index contributed by atoms with van der Waals surface area (Å²) in [4.78, 5) is 23.8. The van der Waals surface area contributed by atoms with Crippen LogP contribution in [0, 0.1) is 18.6 Å². The first kappa shape index (κ1) is 16.1. The molecule has 0 aliphatic heterocycles. The number of aromatic nitrogens is 3. The van der Waals surface area contributed by atoms with Crippen molar-refractivity contribution >= 4 is 17.7 Å². The summed E-state index contributed by atoms with van der Waals surface area (Å²) in [6.07, 6.45) is 1.69. The SMILES string of the molecule is CSc1nnc(C)c(=O)n1COC(=O)c1ccc(F)c(F)c1. The molecule has 2 aromatic rings. The van der Waals surface area contributed by atoms with Crippen LogP contribution in [0.4, 0.5) is 8.78 Å². The van der Waals surface area contributed by atoms with Crippen molar-refractivity contribution in [2.24, 2.45) is 0 Å². The van der Waals surface area contributed by atoms with Gasteiger partial charge in [0.1, 0.15) is 5.69 Å². The van der Waals surface area contributed by atoms with Crippen LogP contribution < -0.4 is 5.56 Å². The van der Waals surface area contributed by atoms with Crippen molar-refractivity contribution < 1.29 is 18.3 Å². The number of nitrogens with zero attached hydrogens (tertiary/aromatic N) is 3. The monoisotopic (exact) mass is 327 g/mol. The summed E-state index contributed by atoms with van der Waals surface area (Å²) in [7, 11) is 0. The smallest absolute Gasteiger partial charge is 0.339 e. The van der Waals surface area contributed by atoms with E-state index in [1.165, 1.54) is 6.92 Å². The van der Waals surface area contributed by atoms with Crippen molar-refractivity contribution in [1.29, 1.82) is 0 Å². The zero-order valence-electron chi connectivity index (χ0n) is 11.7. The van der Waals surface area contributed by atoms with Crippen LogP contribution in [-0.2, 0) is 11.5 Å². The molecule has 1 aromatic heterocycles. The van der Waals surface area contributed by atoms with Crippen LogP contribution in [0.2, 0.25) is 0 Å². The van der Waals surface area contributed by atoms with Gasteiger partial charge < -0.3 is 4.74 Å². The standard InChI is InChI=1S/C13H11F2N3O3S/c1-7-11(19)18(13(22-2)17-16-7)6-21-12(20)8-3-4-9(14)10(15)5-8/h3-5H,6H2,1-2H3. The third-order valence-electron chi connectivity index (χ3n) is 2.73. The van der Waals surface area contributed by atoms with Crippen LogP contribution in [-0.4, -0.2) is 27.0 Å². The highest BCUT2D eigenvalue weighted by Crippen LogP contribution is 2.11. The minimum absolute atomic E-state index is 0.154. The molecule has 0 aliphatic carbocycles. The number of hydrogen-bond donors (Lipinski definition) is 0. The van der Waals surface area contributed by atoms with Crippen molar-refractivity contribution in [1.82, 2.24) is 14.8 Å². The van der Waals surface area contributed by atoms with Crippen molar-refractivity contribution in [2.75, 3.05) is 6.26 Å². The van der Waals surface area contributed by atoms with Gasteiger partial charge in [-0.1, -0.05) is 11.8 Å². The molecule has 0 saturated heterocycles. The molecule has 0 bridgehead atoms. The molecule has 0 radical (unpaired) electrons. The van der Waals surface area contributed by atoms with Crippen LogP contribution in [0.1, 0.15) is 16.1 Å². The van der Waals surface area contributed by atoms with Gasteiger partial charge in [0.25, 0.3) is 5.56 Å². The summed E-state index contributed by atoms with van der Waals surface area (Å²) < 4.78 is 32.0. The number of carbonyl (C=O) groups is 1. The lowest BCUT2D eigenvalue weighted by Gasteiger charge is -2.10. The van der Waals surface area contributed by atoms with E-state index in [0.717, 1.165) is 34.5 Å². The van der Waals surface area contributed by atoms with Crippen molar-refractivity contribution in [2.45, 2.75) is 18.8 Å². The molecule has 0 amide bonds. The number of aryl methyl sites for hydroxylation is 1. The number of hydrogen-bond acceptors (Lipinski definition) is 6. The molecule has 0 saturated carbocycles. The van der Waals surface area contributed by atoms with Crippen molar-refractivity contribution in [3.05, 3.63) is 51.4 Å². The van der Waals surface area contributed by atoms with Gasteiger partial charge in [-0.2, -0.15) is 0 Å². The van der Waals surface area contributed by atoms with Crippen LogP contribution in [0.25, 0.3) is 0 Å². The van der Waals surface area contributed by atoms with Gasteiger partial charge in [0.2, 0.25) is 0 Å². The number of carbonyl (C=O) groups excluding carboxylic acids is 1. The Labute approximate surface area is 128 Å². The molecule has 0 unspecified atom stereocenters. The third kappa shape index (κ3) is 3.30. The fourth-order valence-corrected chi connectivity index (χ4v) is 2.07. The van der Waals surface area contributed by atoms with E-state index in [0.29, 0.717) is 0 Å². The first-order chi connectivity index (χ1) is 10.4. The molecule has 1 aromatic carbocycles. The van der Waals surface area contributed by atoms with E-state index in [1.807, 2.05) is 0 Å². The molecular weight excluding hydrogens is 316 g/mol. The Bertz CT molecular complexity index is 780. The van der Waals surface area contributed by atoms with E-state index in [1.54, 1.807) is 6.26 Å². The Morgan fingerprint density at radius 2 is 2.05 bits per heavy atom. The van der Waals surface area contributed by atoms with Crippen LogP contribution in [0.5, 0.6) is 0 Å². The molecule has 0 N–H and O–H groups in total. The molecule has 22 heavy (non-hydrogen) atoms. The number of rotatable bonds is 4. The Hall–Kier alpha value is -2.29. The number of ether oxygens (including phenoxy) is 1. The Morgan fingerprint density at radius 3 is 2.68 bits per heavy atom. The number of esters is 1. The molecule has 1 heterocycles. The molecule has 6 nitrogen and oxygen atoms in total. The van der Waals surface area contributed by atoms with Gasteiger partial charge in [0.15, 0.2) is 23.5 Å². The van der Waals surface area contributed by atoms with Gasteiger partial charge in [-0.05, 0) is 31.4 Å². The Balaban J connectivity index is 2.19. The summed E-state index contributed by atoms with van der Waals surface area (Å²) >= 11 is 1.16. The average molecular weight is 327 g/mol. The van der Waals surface area contributed by atoms with E-state index in [9.17, 15) is 18.4 Å². The van der Waals surface area contributed by atoms with E-state index in [4.69, 9.17) is 4.74 Å². The number of halogens is 2. The molecular formula is C13H11F2N3O3S. The molecule has 0 atom stereocenters. The number of thioether (sulfide) groups is 1. The zero-order valence-corrected chi connectivity index (χ0v) is 12.5. The quantitative estimate of drug-likeness (QED) is 0.629. The highest BCUT2D eigenvalue weighted by atomic mass is 32.2. The van der Waals surface area contributed by atoms with Gasteiger partial charge in [-0.15, -0.1) is 10.2 Å². The summed E-state index contributed by atoms with van der Waals surface area (Å²) in [5.41, 5.74) is -0.449. The maximum absolute atomic E-state index is 13.1. The topological polar surface area (TPSA) is 74.1 Å². The van der Waals surface area contributed by atoms with Gasteiger partial charge in [-0.25, -0.2) is 18.1 Å². The fraction of sp³-hybridized carbons (Fsp3) is 0.231. The number of benzene rings is 1. The largest absolute Gasteiger partial charge is 0.440 e. The normalized spacial score (nSPS) is 10.5. The van der Waals surface area contributed by atoms with E-state index in [2.05, 4.69) is 10.2 Å². The average Bonchev–Trinajstić information content (AvgIpc) is 2.51. The van der Waals surface area contributed by atoms with E-state index < -0.39 is 29.9 Å². The molecule has 0 aliphatic rings. The Morgan fingerprint density at radius 1 is 1.32 bits per heavy atom. The van der Waals surface area contributed by atoms with Gasteiger partial charge in [0.05, 0.1) is 5.56 Å². The van der Waals surface area contributed by atoms with Gasteiger partial charge >= 0.3 is 5.97 Å². The van der Waals surface area contributed by atoms with Crippen molar-refractivity contribution in [3.63, 3.8) is 0 Å². The molecule has 0 fully saturated rings. The van der Waals surface area contributed by atoms with Crippen LogP contribution >= 0.6 is 11.8 Å². The molecule has 116 valence electrons. The van der Waals surface area contributed by atoms with Crippen LogP contribution in [0.15, 0.2) is 28.2 Å². The maximum atomic E-state index is 13.1. The molecule has 9 heteroatoms. The predicted octanol–water partition coefficient (Wildman–Crippen LogP) is 1.76. The van der Waals surface area contributed by atoms with Gasteiger partial charge in [0, 0.05) is 0 Å². The lowest BCUT2D eigenvalue weighted by atomic mass is 10.2. The summed E-state index contributed by atoms with van der Waals surface area (Å²) in [5.74, 6) is -3.10. The zero-order chi connectivity index (χ0) is 16.3. The van der Waals surface area contributed by atoms with Crippen molar-refractivity contribution in [3.8, 4) is 0 Å². The van der Waals surface area contributed by atoms with E-state index in [-0.39, 0.29) is 16.4 Å². The molecule has 2 rings (SSSR count). The van der Waals surface area contributed by atoms with E-state index >= 15 is 0 Å². The fourth-order valence-electron chi connectivity index (χ4n) is 1.59. The third-order valence-corrected chi connectivity index (χ3v) is 3.40. The van der Waals surface area contributed by atoms with Crippen LogP contribution in [0.3, 0.4) is 0 Å². The first-order valence-electron chi connectivity index (χ1n) is 6.04. The minimum atomic E-state index is -1.15.